The molecule has 1 aromatic carbocycles. The Hall–Kier alpha value is -1.88. The number of halogens is 1. The lowest BCUT2D eigenvalue weighted by molar-refractivity contribution is -0.117. The molecule has 114 valence electrons. The van der Waals surface area contributed by atoms with E-state index in [-0.39, 0.29) is 17.9 Å². The van der Waals surface area contributed by atoms with Crippen LogP contribution in [0.2, 0.25) is 0 Å². The minimum absolute atomic E-state index is 0.137. The largest absolute Gasteiger partial charge is 0.364 e. The zero-order chi connectivity index (χ0) is 15.5. The highest BCUT2D eigenvalue weighted by Crippen LogP contribution is 2.30. The van der Waals surface area contributed by atoms with Crippen LogP contribution in [-0.4, -0.2) is 10.9 Å². The number of pyridine rings is 1. The Bertz CT molecular complexity index is 651. The van der Waals surface area contributed by atoms with Crippen LogP contribution < -0.4 is 10.6 Å². The highest BCUT2D eigenvalue weighted by atomic mass is 79.9. The average Bonchev–Trinajstić information content (AvgIpc) is 3.35. The molecular formula is C17H18BrN3O. The Labute approximate surface area is 138 Å². The van der Waals surface area contributed by atoms with Gasteiger partial charge in [0.1, 0.15) is 5.82 Å². The third-order valence-electron chi connectivity index (χ3n) is 3.72. The molecule has 1 unspecified atom stereocenters. The molecule has 1 amide bonds. The molecule has 5 heteroatoms. The quantitative estimate of drug-likeness (QED) is 0.833. The summed E-state index contributed by atoms with van der Waals surface area (Å²) in [6.07, 6.45) is 3.81. The van der Waals surface area contributed by atoms with Crippen molar-refractivity contribution in [1.82, 2.24) is 4.98 Å². The fourth-order valence-electron chi connectivity index (χ4n) is 2.21. The summed E-state index contributed by atoms with van der Waals surface area (Å²) >= 11 is 3.37. The smallest absolute Gasteiger partial charge is 0.227 e. The summed E-state index contributed by atoms with van der Waals surface area (Å²) in [6.45, 7) is 2.08. The Balaban J connectivity index is 1.61. The molecule has 3 rings (SSSR count). The van der Waals surface area contributed by atoms with Crippen molar-refractivity contribution in [1.29, 1.82) is 0 Å². The molecule has 1 atom stereocenters. The van der Waals surface area contributed by atoms with Crippen molar-refractivity contribution < 1.29 is 4.79 Å². The van der Waals surface area contributed by atoms with Crippen molar-refractivity contribution in [3.8, 4) is 0 Å². The zero-order valence-electron chi connectivity index (χ0n) is 12.3. The van der Waals surface area contributed by atoms with E-state index in [0.29, 0.717) is 0 Å². The number of amides is 1. The average molecular weight is 360 g/mol. The van der Waals surface area contributed by atoms with Crippen LogP contribution in [0.1, 0.15) is 31.4 Å². The first kappa shape index (κ1) is 15.0. The number of aromatic nitrogens is 1. The fraction of sp³-hybridized carbons (Fsp3) is 0.294. The van der Waals surface area contributed by atoms with Gasteiger partial charge in [-0.25, -0.2) is 4.98 Å². The Morgan fingerprint density at radius 2 is 1.95 bits per heavy atom. The van der Waals surface area contributed by atoms with Crippen LogP contribution in [0.3, 0.4) is 0 Å². The second-order valence-corrected chi connectivity index (χ2v) is 6.53. The van der Waals surface area contributed by atoms with Gasteiger partial charge in [0, 0.05) is 28.3 Å². The summed E-state index contributed by atoms with van der Waals surface area (Å²) in [7, 11) is 0. The standard InChI is InChI=1S/C17H18BrN3O/c1-11(20-16-9-6-14(18)10-19-16)12-4-7-15(8-5-12)21-17(22)13-2-3-13/h4-11,13H,2-3H2,1H3,(H,19,20)(H,21,22). The van der Waals surface area contributed by atoms with Crippen LogP contribution >= 0.6 is 15.9 Å². The van der Waals surface area contributed by atoms with Gasteiger partial charge in [0.15, 0.2) is 0 Å². The number of carbonyl (C=O) groups is 1. The molecule has 2 N–H and O–H groups in total. The maximum atomic E-state index is 11.7. The normalized spacial score (nSPS) is 15.2. The van der Waals surface area contributed by atoms with Gasteiger partial charge in [-0.2, -0.15) is 0 Å². The Morgan fingerprint density at radius 3 is 2.55 bits per heavy atom. The van der Waals surface area contributed by atoms with E-state index in [1.165, 1.54) is 0 Å². The van der Waals surface area contributed by atoms with E-state index in [2.05, 4.69) is 38.5 Å². The second kappa shape index (κ2) is 6.48. The van der Waals surface area contributed by atoms with Crippen molar-refractivity contribution in [3.63, 3.8) is 0 Å². The molecule has 4 nitrogen and oxygen atoms in total. The maximum absolute atomic E-state index is 11.7. The summed E-state index contributed by atoms with van der Waals surface area (Å²) in [5.74, 6) is 1.20. The van der Waals surface area contributed by atoms with Gasteiger partial charge in [-0.3, -0.25) is 4.79 Å². The number of benzene rings is 1. The van der Waals surface area contributed by atoms with E-state index in [1.807, 2.05) is 36.4 Å². The third kappa shape index (κ3) is 3.85. The molecule has 1 aromatic heterocycles. The van der Waals surface area contributed by atoms with E-state index >= 15 is 0 Å². The molecule has 1 aliphatic carbocycles. The summed E-state index contributed by atoms with van der Waals surface area (Å²) < 4.78 is 0.960. The van der Waals surface area contributed by atoms with Crippen molar-refractivity contribution in [2.24, 2.45) is 5.92 Å². The number of hydrogen-bond acceptors (Lipinski definition) is 3. The predicted octanol–water partition coefficient (Wildman–Crippen LogP) is 4.37. The van der Waals surface area contributed by atoms with Gasteiger partial charge >= 0.3 is 0 Å². The van der Waals surface area contributed by atoms with Gasteiger partial charge in [-0.05, 0) is 65.5 Å². The van der Waals surface area contributed by atoms with Gasteiger partial charge < -0.3 is 10.6 Å². The predicted molar refractivity (Wildman–Crippen MR) is 91.8 cm³/mol. The molecule has 0 radical (unpaired) electrons. The van der Waals surface area contributed by atoms with E-state index < -0.39 is 0 Å². The number of anilines is 2. The first-order valence-electron chi connectivity index (χ1n) is 7.41. The number of hydrogen-bond donors (Lipinski definition) is 2. The molecule has 1 heterocycles. The number of carbonyl (C=O) groups excluding carboxylic acids is 1. The molecular weight excluding hydrogens is 342 g/mol. The number of nitrogens with zero attached hydrogens (tertiary/aromatic N) is 1. The highest BCUT2D eigenvalue weighted by molar-refractivity contribution is 9.10. The molecule has 0 bridgehead atoms. The summed E-state index contributed by atoms with van der Waals surface area (Å²) in [5.41, 5.74) is 2.00. The Morgan fingerprint density at radius 1 is 1.23 bits per heavy atom. The summed E-state index contributed by atoms with van der Waals surface area (Å²) in [4.78, 5) is 16.0. The van der Waals surface area contributed by atoms with Crippen molar-refractivity contribution in [2.45, 2.75) is 25.8 Å². The monoisotopic (exact) mass is 359 g/mol. The van der Waals surface area contributed by atoms with Crippen LogP contribution in [0.5, 0.6) is 0 Å². The van der Waals surface area contributed by atoms with E-state index in [9.17, 15) is 4.79 Å². The first-order valence-corrected chi connectivity index (χ1v) is 8.20. The molecule has 1 saturated carbocycles. The third-order valence-corrected chi connectivity index (χ3v) is 4.19. The topological polar surface area (TPSA) is 54.0 Å². The highest BCUT2D eigenvalue weighted by Gasteiger charge is 2.29. The molecule has 22 heavy (non-hydrogen) atoms. The van der Waals surface area contributed by atoms with Crippen LogP contribution in [0.25, 0.3) is 0 Å². The van der Waals surface area contributed by atoms with Crippen molar-refractivity contribution >= 4 is 33.3 Å². The van der Waals surface area contributed by atoms with E-state index in [4.69, 9.17) is 0 Å². The maximum Gasteiger partial charge on any atom is 0.227 e. The van der Waals surface area contributed by atoms with Gasteiger partial charge in [-0.15, -0.1) is 0 Å². The first-order chi connectivity index (χ1) is 10.6. The summed E-state index contributed by atoms with van der Waals surface area (Å²) in [6, 6.07) is 12.0. The molecule has 2 aromatic rings. The zero-order valence-corrected chi connectivity index (χ0v) is 13.9. The Kier molecular flexibility index (Phi) is 4.43. The van der Waals surface area contributed by atoms with Gasteiger partial charge in [-0.1, -0.05) is 12.1 Å². The van der Waals surface area contributed by atoms with Crippen molar-refractivity contribution in [2.75, 3.05) is 10.6 Å². The van der Waals surface area contributed by atoms with Gasteiger partial charge in [0.05, 0.1) is 0 Å². The number of rotatable bonds is 5. The van der Waals surface area contributed by atoms with Crippen LogP contribution in [0, 0.1) is 5.92 Å². The molecule has 1 aliphatic rings. The molecule has 0 aliphatic heterocycles. The fourth-order valence-corrected chi connectivity index (χ4v) is 2.45. The minimum Gasteiger partial charge on any atom is -0.364 e. The number of nitrogens with one attached hydrogen (secondary N) is 2. The lowest BCUT2D eigenvalue weighted by Crippen LogP contribution is -2.13. The molecule has 1 fully saturated rings. The van der Waals surface area contributed by atoms with Crippen LogP contribution in [-0.2, 0) is 4.79 Å². The lowest BCUT2D eigenvalue weighted by Gasteiger charge is -2.15. The van der Waals surface area contributed by atoms with E-state index in [1.54, 1.807) is 6.20 Å². The van der Waals surface area contributed by atoms with Crippen molar-refractivity contribution in [3.05, 3.63) is 52.6 Å². The van der Waals surface area contributed by atoms with E-state index in [0.717, 1.165) is 34.4 Å². The minimum atomic E-state index is 0.137. The van der Waals surface area contributed by atoms with Gasteiger partial charge in [0.25, 0.3) is 0 Å². The molecule has 0 saturated heterocycles. The van der Waals surface area contributed by atoms with Gasteiger partial charge in [0.2, 0.25) is 5.91 Å². The molecule has 0 spiro atoms. The second-order valence-electron chi connectivity index (χ2n) is 5.61. The van der Waals surface area contributed by atoms with Crippen LogP contribution in [0.15, 0.2) is 47.1 Å². The van der Waals surface area contributed by atoms with Crippen LogP contribution in [0.4, 0.5) is 11.5 Å². The SMILES string of the molecule is CC(Nc1ccc(Br)cn1)c1ccc(NC(=O)C2CC2)cc1. The lowest BCUT2D eigenvalue weighted by atomic mass is 10.1. The summed E-state index contributed by atoms with van der Waals surface area (Å²) in [5, 5.41) is 6.30.